The van der Waals surface area contributed by atoms with Crippen molar-refractivity contribution in [2.75, 3.05) is 0 Å². The summed E-state index contributed by atoms with van der Waals surface area (Å²) in [6.07, 6.45) is 5.54. The summed E-state index contributed by atoms with van der Waals surface area (Å²) in [6, 6.07) is 5.10. The van der Waals surface area contributed by atoms with Crippen LogP contribution in [0, 0.1) is 12.2 Å². The van der Waals surface area contributed by atoms with Gasteiger partial charge in [-0.25, -0.2) is 4.39 Å². The van der Waals surface area contributed by atoms with Gasteiger partial charge in [-0.2, -0.15) is 0 Å². The number of benzene rings is 1. The quantitative estimate of drug-likeness (QED) is 0.509. The predicted octanol–water partition coefficient (Wildman–Crippen LogP) is 2.40. The Kier molecular flexibility index (Phi) is 1.10. The van der Waals surface area contributed by atoms with Gasteiger partial charge in [0.1, 0.15) is 5.82 Å². The topological polar surface area (TPSA) is 0 Å². The van der Waals surface area contributed by atoms with Crippen LogP contribution in [0.2, 0.25) is 0 Å². The third-order valence-electron chi connectivity index (χ3n) is 1.63. The second kappa shape index (κ2) is 1.94. The lowest BCUT2D eigenvalue weighted by atomic mass is 10.1. The lowest BCUT2D eigenvalue weighted by Gasteiger charge is -1.96. The van der Waals surface area contributed by atoms with Gasteiger partial charge in [0.2, 0.25) is 0 Å². The van der Waals surface area contributed by atoms with Gasteiger partial charge >= 0.3 is 0 Å². The fourth-order valence-corrected chi connectivity index (χ4v) is 1.12. The van der Waals surface area contributed by atoms with Crippen molar-refractivity contribution in [3.05, 3.63) is 47.6 Å². The maximum Gasteiger partial charge on any atom is 0.127 e. The largest absolute Gasteiger partial charge is 0.207 e. The highest BCUT2D eigenvalue weighted by atomic mass is 19.1. The Morgan fingerprint density at radius 2 is 2.10 bits per heavy atom. The number of hydrogen-bond donors (Lipinski definition) is 0. The van der Waals surface area contributed by atoms with Gasteiger partial charge in [-0.15, -0.1) is 0 Å². The Hall–Kier alpha value is -1.11. The molecule has 1 aromatic rings. The molecule has 1 aliphatic carbocycles. The molecule has 0 heterocycles. The molecule has 1 heteroatoms. The maximum atomic E-state index is 12.8. The van der Waals surface area contributed by atoms with Crippen molar-refractivity contribution in [1.29, 1.82) is 0 Å². The first kappa shape index (κ1) is 5.66. The number of hydrogen-bond acceptors (Lipinski definition) is 0. The molecular formula is C9H6F. The van der Waals surface area contributed by atoms with E-state index in [1.165, 1.54) is 6.07 Å². The molecule has 0 atom stereocenters. The highest BCUT2D eigenvalue weighted by Crippen LogP contribution is 2.22. The van der Waals surface area contributed by atoms with Crippen molar-refractivity contribution in [2.45, 2.75) is 0 Å². The minimum Gasteiger partial charge on any atom is -0.207 e. The van der Waals surface area contributed by atoms with E-state index in [2.05, 4.69) is 0 Å². The van der Waals surface area contributed by atoms with Gasteiger partial charge in [0.25, 0.3) is 0 Å². The van der Waals surface area contributed by atoms with E-state index in [-0.39, 0.29) is 5.82 Å². The first-order valence-electron chi connectivity index (χ1n) is 3.18. The van der Waals surface area contributed by atoms with Crippen LogP contribution in [0.4, 0.5) is 4.39 Å². The third-order valence-corrected chi connectivity index (χ3v) is 1.63. The number of halogens is 1. The predicted molar refractivity (Wildman–Crippen MR) is 38.8 cm³/mol. The van der Waals surface area contributed by atoms with Crippen LogP contribution in [0.5, 0.6) is 0 Å². The monoisotopic (exact) mass is 133 g/mol. The Morgan fingerprint density at radius 3 is 2.90 bits per heavy atom. The van der Waals surface area contributed by atoms with Gasteiger partial charge in [-0.3, -0.25) is 0 Å². The lowest BCUT2D eigenvalue weighted by molar-refractivity contribution is 0.621. The molecular weight excluding hydrogens is 127 g/mol. The highest BCUT2D eigenvalue weighted by Gasteiger charge is 2.08. The minimum absolute atomic E-state index is 0.137. The van der Waals surface area contributed by atoms with Crippen LogP contribution in [0.25, 0.3) is 6.08 Å². The Labute approximate surface area is 59.0 Å². The second-order valence-electron chi connectivity index (χ2n) is 2.27. The van der Waals surface area contributed by atoms with Gasteiger partial charge in [0.15, 0.2) is 0 Å². The SMILES string of the molecule is Fc1cccc2c1[CH]C=C2. The third kappa shape index (κ3) is 0.670. The van der Waals surface area contributed by atoms with E-state index < -0.39 is 0 Å². The average Bonchev–Trinajstić information content (AvgIpc) is 2.36. The van der Waals surface area contributed by atoms with E-state index in [1.54, 1.807) is 12.5 Å². The molecule has 0 aromatic heterocycles. The molecule has 0 N–H and O–H groups in total. The van der Waals surface area contributed by atoms with Crippen LogP contribution in [0.3, 0.4) is 0 Å². The summed E-state index contributed by atoms with van der Waals surface area (Å²) < 4.78 is 12.8. The molecule has 0 unspecified atom stereocenters. The molecule has 10 heavy (non-hydrogen) atoms. The van der Waals surface area contributed by atoms with Crippen molar-refractivity contribution >= 4 is 6.08 Å². The highest BCUT2D eigenvalue weighted by molar-refractivity contribution is 5.64. The normalized spacial score (nSPS) is 13.7. The molecule has 0 fully saturated rings. The van der Waals surface area contributed by atoms with Crippen molar-refractivity contribution in [2.24, 2.45) is 0 Å². The summed E-state index contributed by atoms with van der Waals surface area (Å²) in [7, 11) is 0. The Balaban J connectivity index is 2.66. The van der Waals surface area contributed by atoms with Crippen molar-refractivity contribution in [1.82, 2.24) is 0 Å². The van der Waals surface area contributed by atoms with E-state index in [0.29, 0.717) is 5.56 Å². The van der Waals surface area contributed by atoms with Gasteiger partial charge in [-0.1, -0.05) is 24.3 Å². The molecule has 0 aliphatic heterocycles. The zero-order valence-corrected chi connectivity index (χ0v) is 5.34. The van der Waals surface area contributed by atoms with Crippen LogP contribution in [0.15, 0.2) is 24.3 Å². The van der Waals surface area contributed by atoms with Crippen LogP contribution in [-0.2, 0) is 0 Å². The van der Waals surface area contributed by atoms with Crippen molar-refractivity contribution < 1.29 is 4.39 Å². The van der Waals surface area contributed by atoms with E-state index in [9.17, 15) is 4.39 Å². The molecule has 0 spiro atoms. The van der Waals surface area contributed by atoms with Crippen LogP contribution >= 0.6 is 0 Å². The molecule has 0 amide bonds. The molecule has 0 bridgehead atoms. The summed E-state index contributed by atoms with van der Waals surface area (Å²) in [6.45, 7) is 0. The number of fused-ring (bicyclic) bond motifs is 1. The molecule has 1 aromatic carbocycles. The van der Waals surface area contributed by atoms with Crippen LogP contribution in [-0.4, -0.2) is 0 Å². The van der Waals surface area contributed by atoms with Gasteiger partial charge < -0.3 is 0 Å². The summed E-state index contributed by atoms with van der Waals surface area (Å²) in [5, 5.41) is 0. The maximum absolute atomic E-state index is 12.8. The fourth-order valence-electron chi connectivity index (χ4n) is 1.12. The summed E-state index contributed by atoms with van der Waals surface area (Å²) in [5.74, 6) is -0.137. The Bertz CT molecular complexity index is 287. The molecule has 2 rings (SSSR count). The Morgan fingerprint density at radius 1 is 1.20 bits per heavy atom. The van der Waals surface area contributed by atoms with E-state index in [0.717, 1.165) is 5.56 Å². The van der Waals surface area contributed by atoms with Gasteiger partial charge in [-0.05, 0) is 11.6 Å². The molecule has 0 nitrogen and oxygen atoms in total. The van der Waals surface area contributed by atoms with Crippen molar-refractivity contribution in [3.63, 3.8) is 0 Å². The average molecular weight is 133 g/mol. The first-order chi connectivity index (χ1) is 4.88. The van der Waals surface area contributed by atoms with E-state index in [4.69, 9.17) is 0 Å². The standard InChI is InChI=1S/C9H6F/c10-9-6-2-4-7-3-1-5-8(7)9/h1-6H. The zero-order chi connectivity index (χ0) is 6.97. The second-order valence-corrected chi connectivity index (χ2v) is 2.27. The molecule has 1 aliphatic rings. The smallest absolute Gasteiger partial charge is 0.127 e. The summed E-state index contributed by atoms with van der Waals surface area (Å²) in [4.78, 5) is 0. The first-order valence-corrected chi connectivity index (χ1v) is 3.18. The molecule has 0 saturated heterocycles. The van der Waals surface area contributed by atoms with E-state index in [1.807, 2.05) is 18.2 Å². The van der Waals surface area contributed by atoms with Crippen LogP contribution in [0.1, 0.15) is 11.1 Å². The summed E-state index contributed by atoms with van der Waals surface area (Å²) in [5.41, 5.74) is 1.68. The summed E-state index contributed by atoms with van der Waals surface area (Å²) >= 11 is 0. The molecule has 0 saturated carbocycles. The van der Waals surface area contributed by atoms with Gasteiger partial charge in [0, 0.05) is 12.0 Å². The van der Waals surface area contributed by atoms with E-state index >= 15 is 0 Å². The zero-order valence-electron chi connectivity index (χ0n) is 5.34. The lowest BCUT2D eigenvalue weighted by Crippen LogP contribution is -1.84. The fraction of sp³-hybridized carbons (Fsp3) is 0. The number of allylic oxidation sites excluding steroid dienone is 1. The van der Waals surface area contributed by atoms with Gasteiger partial charge in [0.05, 0.1) is 0 Å². The minimum atomic E-state index is -0.137. The molecule has 1 radical (unpaired) electrons. The number of rotatable bonds is 0. The van der Waals surface area contributed by atoms with Crippen LogP contribution < -0.4 is 0 Å². The van der Waals surface area contributed by atoms with Crippen molar-refractivity contribution in [3.8, 4) is 0 Å². The molecule has 49 valence electrons.